The van der Waals surface area contributed by atoms with Gasteiger partial charge in [0.05, 0.1) is 18.6 Å². The van der Waals surface area contributed by atoms with Gasteiger partial charge < -0.3 is 14.7 Å². The summed E-state index contributed by atoms with van der Waals surface area (Å²) in [4.78, 5) is 4.45. The first-order chi connectivity index (χ1) is 13.3. The van der Waals surface area contributed by atoms with Crippen molar-refractivity contribution >= 4 is 21.4 Å². The highest BCUT2D eigenvalue weighted by atomic mass is 32.2. The Morgan fingerprint density at radius 1 is 1.17 bits per heavy atom. The number of benzene rings is 2. The summed E-state index contributed by atoms with van der Waals surface area (Å²) in [5, 5.41) is 10.1. The second-order valence-electron chi connectivity index (χ2n) is 6.48. The molecule has 0 saturated carbocycles. The third-order valence-corrected chi connectivity index (χ3v) is 5.45. The summed E-state index contributed by atoms with van der Waals surface area (Å²) in [5.41, 5.74) is -3.33. The second kappa shape index (κ2) is 6.99. The Bertz CT molecular complexity index is 1070. The van der Waals surface area contributed by atoms with Crippen LogP contribution in [0.4, 0.5) is 23.2 Å². The van der Waals surface area contributed by atoms with Crippen LogP contribution in [0.25, 0.3) is 0 Å². The SMILES string of the molecule is COc1cc(F)cc(C2=NC(O)(C(F)(F)F)CN2c2ccc(S(C)(=O)=O)cc2)c1. The van der Waals surface area contributed by atoms with Crippen LogP contribution < -0.4 is 9.64 Å². The van der Waals surface area contributed by atoms with Crippen molar-refractivity contribution in [3.8, 4) is 5.75 Å². The molecule has 1 N–H and O–H groups in total. The fourth-order valence-electron chi connectivity index (χ4n) is 2.84. The number of rotatable bonds is 4. The van der Waals surface area contributed by atoms with Gasteiger partial charge in [0.1, 0.15) is 17.4 Å². The fourth-order valence-corrected chi connectivity index (χ4v) is 3.47. The highest BCUT2D eigenvalue weighted by molar-refractivity contribution is 7.90. The Hall–Kier alpha value is -2.66. The van der Waals surface area contributed by atoms with Crippen LogP contribution in [0.15, 0.2) is 52.4 Å². The van der Waals surface area contributed by atoms with Gasteiger partial charge in [-0.15, -0.1) is 0 Å². The molecule has 29 heavy (non-hydrogen) atoms. The van der Waals surface area contributed by atoms with E-state index in [9.17, 15) is 31.1 Å². The molecule has 1 aliphatic rings. The molecule has 156 valence electrons. The van der Waals surface area contributed by atoms with Crippen molar-refractivity contribution in [1.82, 2.24) is 0 Å². The number of hydrogen-bond donors (Lipinski definition) is 1. The summed E-state index contributed by atoms with van der Waals surface area (Å²) in [5.74, 6) is -1.05. The minimum atomic E-state index is -5.09. The van der Waals surface area contributed by atoms with E-state index in [4.69, 9.17) is 4.74 Å². The van der Waals surface area contributed by atoms with E-state index < -0.39 is 34.1 Å². The van der Waals surface area contributed by atoms with Gasteiger partial charge in [-0.3, -0.25) is 0 Å². The molecule has 1 heterocycles. The molecule has 2 aromatic carbocycles. The lowest BCUT2D eigenvalue weighted by Crippen LogP contribution is -2.47. The molecule has 0 fully saturated rings. The monoisotopic (exact) mass is 432 g/mol. The van der Waals surface area contributed by atoms with Crippen molar-refractivity contribution in [3.63, 3.8) is 0 Å². The van der Waals surface area contributed by atoms with Crippen molar-refractivity contribution < 1.29 is 35.8 Å². The molecule has 6 nitrogen and oxygen atoms in total. The predicted molar refractivity (Wildman–Crippen MR) is 97.4 cm³/mol. The Labute approximate surface area is 164 Å². The topological polar surface area (TPSA) is 79.2 Å². The number of amidine groups is 1. The van der Waals surface area contributed by atoms with Gasteiger partial charge in [0.2, 0.25) is 0 Å². The number of aliphatic hydroxyl groups is 1. The van der Waals surface area contributed by atoms with Crippen molar-refractivity contribution in [2.75, 3.05) is 24.8 Å². The number of anilines is 1. The molecule has 0 radical (unpaired) electrons. The lowest BCUT2D eigenvalue weighted by atomic mass is 10.1. The number of ether oxygens (including phenoxy) is 1. The Kier molecular flexibility index (Phi) is 5.08. The van der Waals surface area contributed by atoms with Crippen LogP contribution in [0.3, 0.4) is 0 Å². The van der Waals surface area contributed by atoms with Crippen molar-refractivity contribution in [2.45, 2.75) is 16.8 Å². The number of alkyl halides is 3. The third kappa shape index (κ3) is 4.06. The van der Waals surface area contributed by atoms with Gasteiger partial charge in [-0.1, -0.05) is 0 Å². The van der Waals surface area contributed by atoms with Gasteiger partial charge in [-0.2, -0.15) is 13.2 Å². The number of methoxy groups -OCH3 is 1. The molecule has 0 spiro atoms. The zero-order valence-corrected chi connectivity index (χ0v) is 16.1. The molecule has 0 bridgehead atoms. The summed E-state index contributed by atoms with van der Waals surface area (Å²) < 4.78 is 82.3. The van der Waals surface area contributed by atoms with E-state index in [0.29, 0.717) is 0 Å². The average molecular weight is 432 g/mol. The Morgan fingerprint density at radius 3 is 2.31 bits per heavy atom. The first-order valence-corrected chi connectivity index (χ1v) is 10.0. The highest BCUT2D eigenvalue weighted by Crippen LogP contribution is 2.39. The maximum atomic E-state index is 13.9. The van der Waals surface area contributed by atoms with Gasteiger partial charge in [-0.05, 0) is 36.4 Å². The van der Waals surface area contributed by atoms with Gasteiger partial charge >= 0.3 is 6.18 Å². The molecule has 2 aromatic rings. The van der Waals surface area contributed by atoms with Crippen LogP contribution in [-0.4, -0.2) is 51.2 Å². The molecular weight excluding hydrogens is 416 g/mol. The van der Waals surface area contributed by atoms with E-state index in [1.54, 1.807) is 0 Å². The van der Waals surface area contributed by atoms with Crippen molar-refractivity contribution in [1.29, 1.82) is 0 Å². The van der Waals surface area contributed by atoms with Gasteiger partial charge in [0.25, 0.3) is 5.72 Å². The smallest absolute Gasteiger partial charge is 0.440 e. The lowest BCUT2D eigenvalue weighted by molar-refractivity contribution is -0.249. The normalized spacial score (nSPS) is 20.0. The molecule has 3 rings (SSSR count). The van der Waals surface area contributed by atoms with Gasteiger partial charge in [0, 0.05) is 23.6 Å². The number of hydrogen-bond acceptors (Lipinski definition) is 6. The maximum absolute atomic E-state index is 13.9. The number of halogens is 4. The molecular formula is C18H16F4N2O4S. The minimum Gasteiger partial charge on any atom is -0.497 e. The summed E-state index contributed by atoms with van der Waals surface area (Å²) in [6, 6.07) is 8.29. The van der Waals surface area contributed by atoms with Crippen LogP contribution in [0, 0.1) is 5.82 Å². The number of β-amino-alcohol motifs (C(OH)–C–C–N with tert-alkyl or cyclic N) is 1. The number of sulfone groups is 1. The van der Waals surface area contributed by atoms with Crippen LogP contribution >= 0.6 is 0 Å². The summed E-state index contributed by atoms with van der Waals surface area (Å²) in [7, 11) is -2.25. The predicted octanol–water partition coefficient (Wildman–Crippen LogP) is 2.76. The molecule has 0 aromatic heterocycles. The molecule has 0 aliphatic carbocycles. The van der Waals surface area contributed by atoms with Crippen LogP contribution in [0.2, 0.25) is 0 Å². The maximum Gasteiger partial charge on any atom is 0.440 e. The van der Waals surface area contributed by atoms with Gasteiger partial charge in [0.15, 0.2) is 9.84 Å². The van der Waals surface area contributed by atoms with Gasteiger partial charge in [-0.25, -0.2) is 17.8 Å². The lowest BCUT2D eigenvalue weighted by Gasteiger charge is -2.25. The zero-order chi connectivity index (χ0) is 21.6. The Balaban J connectivity index is 2.13. The highest BCUT2D eigenvalue weighted by Gasteiger charge is 2.59. The van der Waals surface area contributed by atoms with Crippen molar-refractivity contribution in [3.05, 3.63) is 53.8 Å². The van der Waals surface area contributed by atoms with Crippen molar-refractivity contribution in [2.24, 2.45) is 4.99 Å². The fraction of sp³-hybridized carbons (Fsp3) is 0.278. The molecule has 0 amide bonds. The molecule has 1 aliphatic heterocycles. The summed E-state index contributed by atoms with van der Waals surface area (Å²) in [6.45, 7) is -0.983. The average Bonchev–Trinajstić information content (AvgIpc) is 3.00. The number of aliphatic imine (C=N–C) groups is 1. The van der Waals surface area contributed by atoms with Crippen LogP contribution in [0.5, 0.6) is 5.75 Å². The first-order valence-electron chi connectivity index (χ1n) is 8.16. The van der Waals surface area contributed by atoms with E-state index in [0.717, 1.165) is 23.3 Å². The third-order valence-electron chi connectivity index (χ3n) is 4.32. The van der Waals surface area contributed by atoms with E-state index in [1.807, 2.05) is 0 Å². The first kappa shape index (κ1) is 21.1. The second-order valence-corrected chi connectivity index (χ2v) is 8.50. The standard InChI is InChI=1S/C18H16F4N2O4S/c1-28-14-8-11(7-12(19)9-14)16-23-17(25,18(20,21)22)10-24(16)13-3-5-15(6-4-13)29(2,26)27/h3-9,25H,10H2,1-2H3. The largest absolute Gasteiger partial charge is 0.497 e. The summed E-state index contributed by atoms with van der Waals surface area (Å²) in [6.07, 6.45) is -4.09. The van der Waals surface area contributed by atoms with E-state index in [2.05, 4.69) is 4.99 Å². The molecule has 1 unspecified atom stereocenters. The Morgan fingerprint density at radius 2 is 1.79 bits per heavy atom. The quantitative estimate of drug-likeness (QED) is 0.752. The zero-order valence-electron chi connectivity index (χ0n) is 15.2. The number of nitrogens with zero attached hydrogens (tertiary/aromatic N) is 2. The molecule has 0 saturated heterocycles. The molecule has 1 atom stereocenters. The van der Waals surface area contributed by atoms with E-state index >= 15 is 0 Å². The van der Waals surface area contributed by atoms with E-state index in [1.165, 1.54) is 37.4 Å². The summed E-state index contributed by atoms with van der Waals surface area (Å²) >= 11 is 0. The molecule has 11 heteroatoms. The van der Waals surface area contributed by atoms with Crippen LogP contribution in [0.1, 0.15) is 5.56 Å². The van der Waals surface area contributed by atoms with E-state index in [-0.39, 0.29) is 27.7 Å². The van der Waals surface area contributed by atoms with Crippen LogP contribution in [-0.2, 0) is 9.84 Å². The minimum absolute atomic E-state index is 0.0301.